The van der Waals surface area contributed by atoms with Gasteiger partial charge in [-0.2, -0.15) is 0 Å². The first kappa shape index (κ1) is 14.8. The molecule has 1 aliphatic rings. The molecule has 0 bridgehead atoms. The lowest BCUT2D eigenvalue weighted by molar-refractivity contribution is -0.140. The van der Waals surface area contributed by atoms with E-state index in [0.717, 1.165) is 6.42 Å². The van der Waals surface area contributed by atoms with Gasteiger partial charge in [-0.15, -0.1) is 0 Å². The Balaban J connectivity index is 2.64. The van der Waals surface area contributed by atoms with Crippen LogP contribution in [0.5, 0.6) is 0 Å². The minimum absolute atomic E-state index is 0.357. The number of ether oxygens (including phenoxy) is 1. The SMILES string of the molecule is CC(C)(C)OC(=O)N1CCCC1C(O)CC(=O)O. The fraction of sp³-hybridized carbons (Fsp3) is 0.833. The molecule has 1 amide bonds. The maximum Gasteiger partial charge on any atom is 0.410 e. The van der Waals surface area contributed by atoms with Gasteiger partial charge in [0.25, 0.3) is 0 Å². The van der Waals surface area contributed by atoms with Gasteiger partial charge < -0.3 is 19.8 Å². The van der Waals surface area contributed by atoms with Crippen LogP contribution in [0.3, 0.4) is 0 Å². The zero-order valence-electron chi connectivity index (χ0n) is 11.0. The van der Waals surface area contributed by atoms with Crippen LogP contribution in [0.25, 0.3) is 0 Å². The molecular weight excluding hydrogens is 238 g/mol. The molecule has 104 valence electrons. The first-order valence-corrected chi connectivity index (χ1v) is 6.10. The topological polar surface area (TPSA) is 87.1 Å². The van der Waals surface area contributed by atoms with Crippen molar-refractivity contribution in [2.24, 2.45) is 0 Å². The number of aliphatic hydroxyl groups excluding tert-OH is 1. The molecule has 2 atom stereocenters. The lowest BCUT2D eigenvalue weighted by atomic mass is 10.1. The summed E-state index contributed by atoms with van der Waals surface area (Å²) >= 11 is 0. The highest BCUT2D eigenvalue weighted by atomic mass is 16.6. The normalized spacial score (nSPS) is 21.8. The maximum atomic E-state index is 11.9. The van der Waals surface area contributed by atoms with Gasteiger partial charge in [0.15, 0.2) is 0 Å². The summed E-state index contributed by atoms with van der Waals surface area (Å²) in [4.78, 5) is 23.9. The number of aliphatic carboxylic acids is 1. The fourth-order valence-electron chi connectivity index (χ4n) is 2.05. The molecule has 6 heteroatoms. The first-order valence-electron chi connectivity index (χ1n) is 6.10. The predicted molar refractivity (Wildman–Crippen MR) is 64.2 cm³/mol. The Kier molecular flexibility index (Phi) is 4.56. The summed E-state index contributed by atoms with van der Waals surface area (Å²) < 4.78 is 5.24. The molecule has 0 saturated carbocycles. The standard InChI is InChI=1S/C12H21NO5/c1-12(2,3)18-11(17)13-6-4-5-8(13)9(14)7-10(15)16/h8-9,14H,4-7H2,1-3H3,(H,15,16). The Labute approximate surface area is 107 Å². The Morgan fingerprint density at radius 3 is 2.56 bits per heavy atom. The summed E-state index contributed by atoms with van der Waals surface area (Å²) in [6.45, 7) is 5.80. The van der Waals surface area contributed by atoms with Crippen molar-refractivity contribution >= 4 is 12.1 Å². The third kappa shape index (κ3) is 4.18. The Hall–Kier alpha value is -1.30. The third-order valence-corrected chi connectivity index (χ3v) is 2.76. The number of hydrogen-bond acceptors (Lipinski definition) is 4. The second kappa shape index (κ2) is 5.56. The largest absolute Gasteiger partial charge is 0.481 e. The van der Waals surface area contributed by atoms with Crippen LogP contribution in [-0.4, -0.2) is 51.5 Å². The molecule has 18 heavy (non-hydrogen) atoms. The lowest BCUT2D eigenvalue weighted by Gasteiger charge is -2.30. The molecule has 1 saturated heterocycles. The molecule has 0 aromatic heterocycles. The van der Waals surface area contributed by atoms with E-state index in [1.54, 1.807) is 20.8 Å². The van der Waals surface area contributed by atoms with E-state index in [0.29, 0.717) is 13.0 Å². The van der Waals surface area contributed by atoms with Crippen molar-refractivity contribution in [3.63, 3.8) is 0 Å². The molecule has 0 aromatic carbocycles. The van der Waals surface area contributed by atoms with Crippen molar-refractivity contribution < 1.29 is 24.5 Å². The molecule has 0 aliphatic carbocycles. The van der Waals surface area contributed by atoms with Gasteiger partial charge in [-0.1, -0.05) is 0 Å². The Morgan fingerprint density at radius 1 is 1.44 bits per heavy atom. The van der Waals surface area contributed by atoms with Crippen molar-refractivity contribution in [1.82, 2.24) is 4.90 Å². The van der Waals surface area contributed by atoms with E-state index < -0.39 is 29.8 Å². The maximum absolute atomic E-state index is 11.9. The molecule has 1 heterocycles. The molecule has 0 spiro atoms. The summed E-state index contributed by atoms with van der Waals surface area (Å²) in [5.41, 5.74) is -0.595. The van der Waals surface area contributed by atoms with Crippen molar-refractivity contribution in [3.05, 3.63) is 0 Å². The van der Waals surface area contributed by atoms with Gasteiger partial charge in [0, 0.05) is 6.54 Å². The van der Waals surface area contributed by atoms with E-state index in [1.165, 1.54) is 4.90 Å². The number of hydrogen-bond donors (Lipinski definition) is 2. The van der Waals surface area contributed by atoms with Crippen LogP contribution < -0.4 is 0 Å². The molecular formula is C12H21NO5. The highest BCUT2D eigenvalue weighted by molar-refractivity contribution is 5.70. The van der Waals surface area contributed by atoms with E-state index in [9.17, 15) is 14.7 Å². The summed E-state index contributed by atoms with van der Waals surface area (Å²) in [6.07, 6.45) is -0.537. The minimum atomic E-state index is -1.07. The summed E-state index contributed by atoms with van der Waals surface area (Å²) in [5.74, 6) is -1.07. The van der Waals surface area contributed by atoms with E-state index >= 15 is 0 Å². The number of rotatable bonds is 3. The van der Waals surface area contributed by atoms with Crippen LogP contribution in [0.15, 0.2) is 0 Å². The highest BCUT2D eigenvalue weighted by Crippen LogP contribution is 2.24. The lowest BCUT2D eigenvalue weighted by Crippen LogP contribution is -2.45. The first-order chi connectivity index (χ1) is 8.20. The second-order valence-electron chi connectivity index (χ2n) is 5.55. The van der Waals surface area contributed by atoms with Crippen LogP contribution in [0, 0.1) is 0 Å². The number of amides is 1. The van der Waals surface area contributed by atoms with Crippen LogP contribution in [0.2, 0.25) is 0 Å². The minimum Gasteiger partial charge on any atom is -0.481 e. The molecule has 2 N–H and O–H groups in total. The number of likely N-dealkylation sites (tertiary alicyclic amines) is 1. The monoisotopic (exact) mass is 259 g/mol. The Morgan fingerprint density at radius 2 is 2.06 bits per heavy atom. The highest BCUT2D eigenvalue weighted by Gasteiger charge is 2.36. The Bertz CT molecular complexity index is 323. The summed E-state index contributed by atoms with van der Waals surface area (Å²) in [6, 6.07) is -0.462. The number of carbonyl (C=O) groups excluding carboxylic acids is 1. The smallest absolute Gasteiger partial charge is 0.410 e. The van der Waals surface area contributed by atoms with Crippen LogP contribution in [-0.2, 0) is 9.53 Å². The zero-order chi connectivity index (χ0) is 13.9. The van der Waals surface area contributed by atoms with Gasteiger partial charge in [-0.3, -0.25) is 4.79 Å². The van der Waals surface area contributed by atoms with Gasteiger partial charge in [-0.25, -0.2) is 4.79 Å². The zero-order valence-corrected chi connectivity index (χ0v) is 11.0. The van der Waals surface area contributed by atoms with E-state index in [-0.39, 0.29) is 6.42 Å². The van der Waals surface area contributed by atoms with Crippen molar-refractivity contribution in [3.8, 4) is 0 Å². The fourth-order valence-corrected chi connectivity index (χ4v) is 2.05. The van der Waals surface area contributed by atoms with E-state index in [2.05, 4.69) is 0 Å². The predicted octanol–water partition coefficient (Wildman–Crippen LogP) is 1.22. The average molecular weight is 259 g/mol. The molecule has 1 aliphatic heterocycles. The number of carbonyl (C=O) groups is 2. The van der Waals surface area contributed by atoms with E-state index in [4.69, 9.17) is 9.84 Å². The van der Waals surface area contributed by atoms with Gasteiger partial charge in [0.1, 0.15) is 5.60 Å². The molecule has 0 radical (unpaired) electrons. The number of aliphatic hydroxyl groups is 1. The number of carboxylic acid groups (broad SMARTS) is 1. The molecule has 6 nitrogen and oxygen atoms in total. The van der Waals surface area contributed by atoms with Gasteiger partial charge in [0.05, 0.1) is 18.6 Å². The number of carboxylic acids is 1. The second-order valence-corrected chi connectivity index (χ2v) is 5.55. The van der Waals surface area contributed by atoms with Crippen molar-refractivity contribution in [1.29, 1.82) is 0 Å². The van der Waals surface area contributed by atoms with Gasteiger partial charge in [-0.05, 0) is 33.6 Å². The summed E-state index contributed by atoms with van der Waals surface area (Å²) in [5, 5.41) is 18.5. The van der Waals surface area contributed by atoms with Gasteiger partial charge >= 0.3 is 12.1 Å². The van der Waals surface area contributed by atoms with Crippen LogP contribution >= 0.6 is 0 Å². The van der Waals surface area contributed by atoms with E-state index in [1.807, 2.05) is 0 Å². The molecule has 2 unspecified atom stereocenters. The quantitative estimate of drug-likeness (QED) is 0.795. The summed E-state index contributed by atoms with van der Waals surface area (Å²) in [7, 11) is 0. The third-order valence-electron chi connectivity index (χ3n) is 2.76. The van der Waals surface area contributed by atoms with Crippen LogP contribution in [0.1, 0.15) is 40.0 Å². The molecule has 1 rings (SSSR count). The van der Waals surface area contributed by atoms with Crippen molar-refractivity contribution in [2.45, 2.75) is 57.8 Å². The number of nitrogens with zero attached hydrogens (tertiary/aromatic N) is 1. The molecule has 0 aromatic rings. The van der Waals surface area contributed by atoms with Crippen LogP contribution in [0.4, 0.5) is 4.79 Å². The molecule has 1 fully saturated rings. The van der Waals surface area contributed by atoms with Crippen molar-refractivity contribution in [2.75, 3.05) is 6.54 Å². The average Bonchev–Trinajstić information content (AvgIpc) is 2.61. The van der Waals surface area contributed by atoms with Gasteiger partial charge in [0.2, 0.25) is 0 Å².